The zero-order chi connectivity index (χ0) is 22.1. The van der Waals surface area contributed by atoms with Crippen LogP contribution < -0.4 is 5.32 Å². The summed E-state index contributed by atoms with van der Waals surface area (Å²) in [5.41, 5.74) is 2.97. The molecule has 0 saturated heterocycles. The Labute approximate surface area is 187 Å². The molecule has 3 rings (SSSR count). The van der Waals surface area contributed by atoms with Crippen molar-refractivity contribution in [3.8, 4) is 0 Å². The summed E-state index contributed by atoms with van der Waals surface area (Å²) in [6.45, 7) is 2.93. The summed E-state index contributed by atoms with van der Waals surface area (Å²) < 4.78 is 0. The Morgan fingerprint density at radius 3 is 2.55 bits per heavy atom. The number of rotatable bonds is 10. The van der Waals surface area contributed by atoms with Gasteiger partial charge in [-0.2, -0.15) is 0 Å². The number of aromatic nitrogens is 2. The van der Waals surface area contributed by atoms with E-state index in [9.17, 15) is 9.59 Å². The third-order valence-corrected chi connectivity index (χ3v) is 5.36. The monoisotopic (exact) mass is 438 g/mol. The summed E-state index contributed by atoms with van der Waals surface area (Å²) in [5, 5.41) is 3.59. The Morgan fingerprint density at radius 1 is 1.13 bits per heavy atom. The van der Waals surface area contributed by atoms with E-state index in [1.165, 1.54) is 0 Å². The van der Waals surface area contributed by atoms with Gasteiger partial charge in [-0.1, -0.05) is 61.0 Å². The summed E-state index contributed by atoms with van der Waals surface area (Å²) in [5.74, 6) is -0.0756. The van der Waals surface area contributed by atoms with Gasteiger partial charge < -0.3 is 15.2 Å². The Kier molecular flexibility index (Phi) is 8.24. The number of H-pyrrole nitrogens is 1. The fourth-order valence-electron chi connectivity index (χ4n) is 3.26. The van der Waals surface area contributed by atoms with Crippen molar-refractivity contribution in [3.63, 3.8) is 0 Å². The maximum atomic E-state index is 12.9. The van der Waals surface area contributed by atoms with Gasteiger partial charge in [-0.15, -0.1) is 0 Å². The van der Waals surface area contributed by atoms with Crippen molar-refractivity contribution in [1.29, 1.82) is 0 Å². The van der Waals surface area contributed by atoms with E-state index in [2.05, 4.69) is 22.2 Å². The summed E-state index contributed by atoms with van der Waals surface area (Å²) in [6, 6.07) is 17.3. The van der Waals surface area contributed by atoms with Crippen LogP contribution in [0.1, 0.15) is 36.1 Å². The molecule has 1 atom stereocenters. The zero-order valence-electron chi connectivity index (χ0n) is 17.6. The number of nitrogens with zero attached hydrogens (tertiary/aromatic N) is 2. The SMILES string of the molecule is C[C@H](CNC(=O)CN(Cc1ccc(Cl)cc1)C(=O)CCc1cnc[nH]1)c1ccccc1. The van der Waals surface area contributed by atoms with E-state index in [0.717, 1.165) is 16.8 Å². The molecular formula is C24H27ClN4O2. The van der Waals surface area contributed by atoms with E-state index >= 15 is 0 Å². The largest absolute Gasteiger partial charge is 0.354 e. The van der Waals surface area contributed by atoms with Gasteiger partial charge in [-0.3, -0.25) is 9.59 Å². The van der Waals surface area contributed by atoms with Crippen molar-refractivity contribution >= 4 is 23.4 Å². The standard InChI is InChI=1S/C24H27ClN4O2/c1-18(20-5-3-2-4-6-20)13-27-23(30)16-29(15-19-7-9-21(25)10-8-19)24(31)12-11-22-14-26-17-28-22/h2-10,14,17-18H,11-13,15-16H2,1H3,(H,26,28)(H,27,30)/t18-/m1/s1. The number of carbonyl (C=O) groups is 2. The minimum Gasteiger partial charge on any atom is -0.354 e. The maximum absolute atomic E-state index is 12.9. The number of imidazole rings is 1. The topological polar surface area (TPSA) is 78.1 Å². The highest BCUT2D eigenvalue weighted by Crippen LogP contribution is 2.14. The Bertz CT molecular complexity index is 959. The summed E-state index contributed by atoms with van der Waals surface area (Å²) in [6.07, 6.45) is 4.13. The van der Waals surface area contributed by atoms with Crippen molar-refractivity contribution < 1.29 is 9.59 Å². The van der Waals surface area contributed by atoms with Gasteiger partial charge in [0.15, 0.2) is 0 Å². The van der Waals surface area contributed by atoms with Crippen LogP contribution in [0.5, 0.6) is 0 Å². The van der Waals surface area contributed by atoms with E-state index in [0.29, 0.717) is 31.0 Å². The molecule has 0 bridgehead atoms. The van der Waals surface area contributed by atoms with Crippen LogP contribution >= 0.6 is 11.6 Å². The predicted octanol–water partition coefficient (Wildman–Crippen LogP) is 3.94. The molecule has 1 heterocycles. The average molecular weight is 439 g/mol. The number of aryl methyl sites for hydroxylation is 1. The van der Waals surface area contributed by atoms with Crippen molar-refractivity contribution in [2.24, 2.45) is 0 Å². The number of benzene rings is 2. The molecule has 0 saturated carbocycles. The van der Waals surface area contributed by atoms with Crippen LogP contribution in [0.25, 0.3) is 0 Å². The normalized spacial score (nSPS) is 11.7. The van der Waals surface area contributed by atoms with Crippen LogP contribution in [-0.4, -0.2) is 39.8 Å². The van der Waals surface area contributed by atoms with Gasteiger partial charge in [0.2, 0.25) is 11.8 Å². The highest BCUT2D eigenvalue weighted by molar-refractivity contribution is 6.30. The summed E-state index contributed by atoms with van der Waals surface area (Å²) >= 11 is 5.97. The summed E-state index contributed by atoms with van der Waals surface area (Å²) in [7, 11) is 0. The van der Waals surface area contributed by atoms with E-state index in [4.69, 9.17) is 11.6 Å². The smallest absolute Gasteiger partial charge is 0.239 e. The van der Waals surface area contributed by atoms with Crippen LogP contribution in [0.15, 0.2) is 67.1 Å². The Balaban J connectivity index is 1.59. The number of carbonyl (C=O) groups excluding carboxylic acids is 2. The number of amides is 2. The van der Waals surface area contributed by atoms with Crippen LogP contribution in [-0.2, 0) is 22.6 Å². The van der Waals surface area contributed by atoms with E-state index < -0.39 is 0 Å². The molecule has 0 spiro atoms. The lowest BCUT2D eigenvalue weighted by molar-refractivity contribution is -0.136. The van der Waals surface area contributed by atoms with E-state index in [1.807, 2.05) is 42.5 Å². The molecule has 2 aromatic carbocycles. The Hall–Kier alpha value is -3.12. The van der Waals surface area contributed by atoms with Gasteiger partial charge >= 0.3 is 0 Å². The van der Waals surface area contributed by atoms with Gasteiger partial charge in [0, 0.05) is 36.4 Å². The van der Waals surface area contributed by atoms with Crippen LogP contribution in [0, 0.1) is 0 Å². The third-order valence-electron chi connectivity index (χ3n) is 5.11. The molecule has 0 fully saturated rings. The van der Waals surface area contributed by atoms with E-state index in [-0.39, 0.29) is 24.3 Å². The van der Waals surface area contributed by atoms with Crippen molar-refractivity contribution in [2.45, 2.75) is 32.2 Å². The number of aromatic amines is 1. The molecule has 162 valence electrons. The Morgan fingerprint density at radius 2 is 1.87 bits per heavy atom. The van der Waals surface area contributed by atoms with Crippen molar-refractivity contribution in [2.75, 3.05) is 13.1 Å². The molecule has 3 aromatic rings. The fourth-order valence-corrected chi connectivity index (χ4v) is 3.39. The molecule has 0 radical (unpaired) electrons. The number of hydrogen-bond acceptors (Lipinski definition) is 3. The molecule has 1 aromatic heterocycles. The van der Waals surface area contributed by atoms with Crippen LogP contribution in [0.2, 0.25) is 5.02 Å². The number of hydrogen-bond donors (Lipinski definition) is 2. The zero-order valence-corrected chi connectivity index (χ0v) is 18.3. The molecule has 31 heavy (non-hydrogen) atoms. The maximum Gasteiger partial charge on any atom is 0.239 e. The second-order valence-corrected chi connectivity index (χ2v) is 8.01. The van der Waals surface area contributed by atoms with Crippen LogP contribution in [0.4, 0.5) is 0 Å². The molecular weight excluding hydrogens is 412 g/mol. The van der Waals surface area contributed by atoms with Gasteiger partial charge in [-0.25, -0.2) is 4.98 Å². The average Bonchev–Trinajstić information content (AvgIpc) is 3.31. The molecule has 2 N–H and O–H groups in total. The minimum absolute atomic E-state index is 0.00590. The number of halogens is 1. The number of nitrogens with one attached hydrogen (secondary N) is 2. The fraction of sp³-hybridized carbons (Fsp3) is 0.292. The van der Waals surface area contributed by atoms with Gasteiger partial charge in [-0.05, 0) is 35.6 Å². The van der Waals surface area contributed by atoms with Crippen LogP contribution in [0.3, 0.4) is 0 Å². The predicted molar refractivity (Wildman–Crippen MR) is 122 cm³/mol. The minimum atomic E-state index is -0.174. The lowest BCUT2D eigenvalue weighted by atomic mass is 10.0. The van der Waals surface area contributed by atoms with Gasteiger partial charge in [0.1, 0.15) is 0 Å². The highest BCUT2D eigenvalue weighted by atomic mass is 35.5. The summed E-state index contributed by atoms with van der Waals surface area (Å²) in [4.78, 5) is 34.1. The first-order valence-electron chi connectivity index (χ1n) is 10.3. The first-order chi connectivity index (χ1) is 15.0. The third kappa shape index (κ3) is 7.26. The molecule has 6 nitrogen and oxygen atoms in total. The first-order valence-corrected chi connectivity index (χ1v) is 10.7. The molecule has 0 aliphatic rings. The van der Waals surface area contributed by atoms with Gasteiger partial charge in [0.25, 0.3) is 0 Å². The second kappa shape index (κ2) is 11.3. The van der Waals surface area contributed by atoms with E-state index in [1.54, 1.807) is 29.6 Å². The second-order valence-electron chi connectivity index (χ2n) is 7.57. The molecule has 2 amide bonds. The van der Waals surface area contributed by atoms with Gasteiger partial charge in [0.05, 0.1) is 12.9 Å². The first kappa shape index (κ1) is 22.6. The lowest BCUT2D eigenvalue weighted by Gasteiger charge is -2.23. The molecule has 0 unspecified atom stereocenters. The molecule has 0 aliphatic carbocycles. The quantitative estimate of drug-likeness (QED) is 0.503. The molecule has 7 heteroatoms. The highest BCUT2D eigenvalue weighted by Gasteiger charge is 2.18. The lowest BCUT2D eigenvalue weighted by Crippen LogP contribution is -2.41. The van der Waals surface area contributed by atoms with Crippen molar-refractivity contribution in [1.82, 2.24) is 20.2 Å². The molecule has 0 aliphatic heterocycles. The van der Waals surface area contributed by atoms with Crippen molar-refractivity contribution in [3.05, 3.63) is 89.0 Å².